The Hall–Kier alpha value is -4.15. The third-order valence-electron chi connectivity index (χ3n) is 5.11. The van der Waals surface area contributed by atoms with E-state index in [0.717, 1.165) is 21.6 Å². The number of benzene rings is 1. The van der Waals surface area contributed by atoms with E-state index in [0.29, 0.717) is 18.2 Å². The van der Waals surface area contributed by atoms with Gasteiger partial charge in [-0.3, -0.25) is 24.0 Å². The molecule has 0 spiro atoms. The Morgan fingerprint density at radius 1 is 1.16 bits per heavy atom. The molecular formula is C21H23N7O4. The quantitative estimate of drug-likeness (QED) is 0.466. The first-order valence-electron chi connectivity index (χ1n) is 10.0. The van der Waals surface area contributed by atoms with Gasteiger partial charge in [-0.05, 0) is 38.1 Å². The standard InChI is InChI=1S/C21H23N7O4/c1-5-32-14-8-6-13(7-9-14)16-12(2)23-20(25-16)24-15(29)10-28-11-22-18-17(28)19(30)27(4)21(31)26(18)3/h6-9,11H,5,10H2,1-4H3,(H2,23,24,25,29). The third-order valence-corrected chi connectivity index (χ3v) is 5.11. The summed E-state index contributed by atoms with van der Waals surface area (Å²) in [6.45, 7) is 4.21. The maximum Gasteiger partial charge on any atom is 0.332 e. The normalized spacial score (nSPS) is 11.1. The molecule has 4 rings (SSSR count). The van der Waals surface area contributed by atoms with E-state index in [1.807, 2.05) is 38.1 Å². The van der Waals surface area contributed by atoms with Crippen LogP contribution in [0.4, 0.5) is 5.95 Å². The zero-order valence-corrected chi connectivity index (χ0v) is 18.2. The summed E-state index contributed by atoms with van der Waals surface area (Å²) in [6, 6.07) is 7.53. The Kier molecular flexibility index (Phi) is 5.39. The van der Waals surface area contributed by atoms with E-state index in [-0.39, 0.29) is 17.7 Å². The average Bonchev–Trinajstić information content (AvgIpc) is 3.34. The van der Waals surface area contributed by atoms with Crippen molar-refractivity contribution in [1.29, 1.82) is 0 Å². The summed E-state index contributed by atoms with van der Waals surface area (Å²) in [6.07, 6.45) is 1.36. The Morgan fingerprint density at radius 3 is 2.56 bits per heavy atom. The maximum absolute atomic E-state index is 12.6. The van der Waals surface area contributed by atoms with Crippen LogP contribution in [0.5, 0.6) is 5.75 Å². The number of ether oxygens (including phenoxy) is 1. The van der Waals surface area contributed by atoms with Crippen molar-refractivity contribution in [3.8, 4) is 17.0 Å². The number of fused-ring (bicyclic) bond motifs is 1. The van der Waals surface area contributed by atoms with Crippen LogP contribution >= 0.6 is 0 Å². The van der Waals surface area contributed by atoms with Crippen LogP contribution in [-0.2, 0) is 25.4 Å². The molecule has 0 saturated heterocycles. The van der Waals surface area contributed by atoms with Gasteiger partial charge in [0, 0.05) is 25.4 Å². The average molecular weight is 437 g/mol. The van der Waals surface area contributed by atoms with Crippen molar-refractivity contribution >= 4 is 23.0 Å². The van der Waals surface area contributed by atoms with Crippen molar-refractivity contribution in [3.05, 3.63) is 57.1 Å². The monoisotopic (exact) mass is 437 g/mol. The van der Waals surface area contributed by atoms with Crippen molar-refractivity contribution in [2.45, 2.75) is 20.4 Å². The number of carbonyl (C=O) groups excluding carboxylic acids is 1. The molecule has 2 N–H and O–H groups in total. The highest BCUT2D eigenvalue weighted by Crippen LogP contribution is 2.25. The molecule has 0 aliphatic heterocycles. The van der Waals surface area contributed by atoms with Gasteiger partial charge in [0.2, 0.25) is 11.9 Å². The van der Waals surface area contributed by atoms with Gasteiger partial charge in [-0.1, -0.05) is 0 Å². The van der Waals surface area contributed by atoms with Gasteiger partial charge in [0.25, 0.3) is 5.56 Å². The summed E-state index contributed by atoms with van der Waals surface area (Å²) in [7, 11) is 2.91. The predicted octanol–water partition coefficient (Wildman–Crippen LogP) is 1.17. The second-order valence-electron chi connectivity index (χ2n) is 7.32. The first kappa shape index (κ1) is 21.1. The number of nitrogens with one attached hydrogen (secondary N) is 2. The SMILES string of the molecule is CCOc1ccc(-c2nc(NC(=O)Cn3cnc4c3c(=O)n(C)c(=O)n4C)[nH]c2C)cc1. The Morgan fingerprint density at radius 2 is 1.88 bits per heavy atom. The van der Waals surface area contributed by atoms with Crippen LogP contribution < -0.4 is 21.3 Å². The summed E-state index contributed by atoms with van der Waals surface area (Å²) in [5, 5.41) is 2.71. The number of carbonyl (C=O) groups is 1. The summed E-state index contributed by atoms with van der Waals surface area (Å²) in [4.78, 5) is 48.9. The molecule has 0 saturated carbocycles. The van der Waals surface area contributed by atoms with Crippen molar-refractivity contribution in [2.75, 3.05) is 11.9 Å². The van der Waals surface area contributed by atoms with E-state index in [2.05, 4.69) is 20.3 Å². The maximum atomic E-state index is 12.6. The highest BCUT2D eigenvalue weighted by molar-refractivity contribution is 5.90. The molecular weight excluding hydrogens is 414 g/mol. The van der Waals surface area contributed by atoms with Gasteiger partial charge in [0.15, 0.2) is 11.2 Å². The van der Waals surface area contributed by atoms with Crippen LogP contribution in [0.25, 0.3) is 22.4 Å². The number of aryl methyl sites for hydroxylation is 2. The van der Waals surface area contributed by atoms with E-state index >= 15 is 0 Å². The lowest BCUT2D eigenvalue weighted by molar-refractivity contribution is -0.116. The minimum absolute atomic E-state index is 0.165. The zero-order chi connectivity index (χ0) is 23.0. The van der Waals surface area contributed by atoms with E-state index in [9.17, 15) is 14.4 Å². The molecule has 0 aliphatic rings. The molecule has 3 heterocycles. The lowest BCUT2D eigenvalue weighted by atomic mass is 10.1. The fraction of sp³-hybridized carbons (Fsp3) is 0.286. The van der Waals surface area contributed by atoms with Gasteiger partial charge in [0.05, 0.1) is 18.6 Å². The summed E-state index contributed by atoms with van der Waals surface area (Å²) in [5.41, 5.74) is 1.78. The smallest absolute Gasteiger partial charge is 0.332 e. The van der Waals surface area contributed by atoms with Crippen molar-refractivity contribution in [1.82, 2.24) is 28.7 Å². The van der Waals surface area contributed by atoms with Gasteiger partial charge >= 0.3 is 5.69 Å². The second kappa shape index (κ2) is 8.17. The van der Waals surface area contributed by atoms with Crippen molar-refractivity contribution in [2.24, 2.45) is 14.1 Å². The Bertz CT molecular complexity index is 1420. The molecule has 0 aliphatic carbocycles. The molecule has 1 aromatic carbocycles. The van der Waals surface area contributed by atoms with Gasteiger partial charge in [-0.2, -0.15) is 0 Å². The highest BCUT2D eigenvalue weighted by Gasteiger charge is 2.17. The van der Waals surface area contributed by atoms with Crippen LogP contribution in [0.1, 0.15) is 12.6 Å². The number of imidazole rings is 2. The number of hydrogen-bond donors (Lipinski definition) is 2. The van der Waals surface area contributed by atoms with Gasteiger partial charge < -0.3 is 14.3 Å². The number of nitrogens with zero attached hydrogens (tertiary/aromatic N) is 5. The topological polar surface area (TPSA) is 129 Å². The Balaban J connectivity index is 1.55. The fourth-order valence-corrected chi connectivity index (χ4v) is 3.52. The van der Waals surface area contributed by atoms with Crippen molar-refractivity contribution < 1.29 is 9.53 Å². The van der Waals surface area contributed by atoms with Gasteiger partial charge in [0.1, 0.15) is 12.3 Å². The van der Waals surface area contributed by atoms with Crippen LogP contribution in [-0.4, -0.2) is 41.2 Å². The van der Waals surface area contributed by atoms with Crippen LogP contribution in [0.15, 0.2) is 40.2 Å². The van der Waals surface area contributed by atoms with E-state index in [1.54, 1.807) is 0 Å². The number of rotatable bonds is 6. The molecule has 0 atom stereocenters. The lowest BCUT2D eigenvalue weighted by Gasteiger charge is -2.06. The number of H-pyrrole nitrogens is 1. The Labute approximate surface area is 182 Å². The van der Waals surface area contributed by atoms with Gasteiger partial charge in [-0.15, -0.1) is 0 Å². The molecule has 1 amide bonds. The minimum Gasteiger partial charge on any atom is -0.494 e. The molecule has 3 aromatic heterocycles. The number of aromatic amines is 1. The third kappa shape index (κ3) is 3.68. The number of hydrogen-bond acceptors (Lipinski definition) is 6. The largest absolute Gasteiger partial charge is 0.494 e. The lowest BCUT2D eigenvalue weighted by Crippen LogP contribution is -2.37. The molecule has 0 bridgehead atoms. The number of amides is 1. The number of aromatic nitrogens is 6. The number of anilines is 1. The molecule has 0 unspecified atom stereocenters. The van der Waals surface area contributed by atoms with E-state index < -0.39 is 17.2 Å². The van der Waals surface area contributed by atoms with Gasteiger partial charge in [-0.25, -0.2) is 14.8 Å². The molecule has 11 nitrogen and oxygen atoms in total. The van der Waals surface area contributed by atoms with Crippen molar-refractivity contribution in [3.63, 3.8) is 0 Å². The van der Waals surface area contributed by atoms with E-state index in [4.69, 9.17) is 4.74 Å². The first-order valence-corrected chi connectivity index (χ1v) is 10.0. The molecule has 32 heavy (non-hydrogen) atoms. The second-order valence-corrected chi connectivity index (χ2v) is 7.32. The predicted molar refractivity (Wildman–Crippen MR) is 119 cm³/mol. The van der Waals surface area contributed by atoms with Crippen LogP contribution in [0, 0.1) is 6.92 Å². The molecule has 0 fully saturated rings. The zero-order valence-electron chi connectivity index (χ0n) is 18.2. The summed E-state index contributed by atoms with van der Waals surface area (Å²) >= 11 is 0. The summed E-state index contributed by atoms with van der Waals surface area (Å²) < 4.78 is 9.12. The van der Waals surface area contributed by atoms with Crippen LogP contribution in [0.3, 0.4) is 0 Å². The highest BCUT2D eigenvalue weighted by atomic mass is 16.5. The van der Waals surface area contributed by atoms with Crippen LogP contribution in [0.2, 0.25) is 0 Å². The summed E-state index contributed by atoms with van der Waals surface area (Å²) in [5.74, 6) is 0.669. The molecule has 166 valence electrons. The molecule has 0 radical (unpaired) electrons. The fourth-order valence-electron chi connectivity index (χ4n) is 3.52. The first-order chi connectivity index (χ1) is 15.3. The molecule has 4 aromatic rings. The minimum atomic E-state index is -0.514. The van der Waals surface area contributed by atoms with E-state index in [1.165, 1.54) is 29.6 Å². The molecule has 11 heteroatoms.